The number of hydrogen-bond acceptors (Lipinski definition) is 4. The molecule has 0 aliphatic heterocycles. The molecule has 0 rings (SSSR count). The minimum atomic E-state index is -5.62. The number of carbonyl (C=O) groups is 1. The van der Waals surface area contributed by atoms with Crippen LogP contribution in [0.1, 0.15) is 20.3 Å². The van der Waals surface area contributed by atoms with E-state index in [4.69, 9.17) is 0 Å². The molecule has 1 unspecified atom stereocenters. The van der Waals surface area contributed by atoms with Gasteiger partial charge in [0.05, 0.1) is 13.7 Å². The average Bonchev–Trinajstić information content (AvgIpc) is 2.32. The van der Waals surface area contributed by atoms with E-state index in [9.17, 15) is 31.1 Å². The number of ether oxygens (including phenoxy) is 2. The first-order valence-electron chi connectivity index (χ1n) is 5.97. The molecule has 1 atom stereocenters. The molecular formula is C11H17F6NO3. The third-order valence-electron chi connectivity index (χ3n) is 2.53. The summed E-state index contributed by atoms with van der Waals surface area (Å²) in [5.74, 6) is -1.01. The van der Waals surface area contributed by atoms with Crippen LogP contribution in [0, 0.1) is 0 Å². The predicted octanol–water partition coefficient (Wildman–Crippen LogP) is 2.43. The molecule has 0 aliphatic rings. The zero-order chi connectivity index (χ0) is 16.9. The predicted molar refractivity (Wildman–Crippen MR) is 60.6 cm³/mol. The maximum Gasteiger partial charge on any atom is 0.423 e. The van der Waals surface area contributed by atoms with E-state index in [1.807, 2.05) is 0 Å². The van der Waals surface area contributed by atoms with Crippen LogP contribution in [0.25, 0.3) is 0 Å². The van der Waals surface area contributed by atoms with Gasteiger partial charge >= 0.3 is 18.3 Å². The van der Waals surface area contributed by atoms with E-state index < -0.39 is 36.6 Å². The Hall–Kier alpha value is -1.03. The van der Waals surface area contributed by atoms with Gasteiger partial charge in [-0.25, -0.2) is 4.79 Å². The highest BCUT2D eigenvalue weighted by Gasteiger charge is 2.58. The number of esters is 1. The highest BCUT2D eigenvalue weighted by atomic mass is 19.4. The molecule has 0 spiro atoms. The molecule has 0 radical (unpaired) electrons. The van der Waals surface area contributed by atoms with Gasteiger partial charge in [0.1, 0.15) is 5.54 Å². The van der Waals surface area contributed by atoms with Crippen molar-refractivity contribution in [2.45, 2.75) is 44.3 Å². The molecule has 0 heterocycles. The zero-order valence-electron chi connectivity index (χ0n) is 11.7. The van der Waals surface area contributed by atoms with Crippen molar-refractivity contribution in [2.75, 3.05) is 20.3 Å². The Kier molecular flexibility index (Phi) is 6.94. The Morgan fingerprint density at radius 3 is 1.95 bits per heavy atom. The van der Waals surface area contributed by atoms with Crippen molar-refractivity contribution in [1.82, 2.24) is 5.32 Å². The number of nitrogens with one attached hydrogen (secondary N) is 1. The first-order valence-corrected chi connectivity index (χ1v) is 5.97. The Morgan fingerprint density at radius 1 is 1.14 bits per heavy atom. The van der Waals surface area contributed by atoms with Gasteiger partial charge in [-0.2, -0.15) is 26.3 Å². The Morgan fingerprint density at radius 2 is 1.62 bits per heavy atom. The Bertz CT molecular complexity index is 330. The van der Waals surface area contributed by atoms with E-state index in [1.165, 1.54) is 0 Å². The van der Waals surface area contributed by atoms with Gasteiger partial charge in [0.15, 0.2) is 0 Å². The van der Waals surface area contributed by atoms with E-state index in [-0.39, 0.29) is 6.54 Å². The van der Waals surface area contributed by atoms with Crippen molar-refractivity contribution in [1.29, 1.82) is 0 Å². The molecule has 0 bridgehead atoms. The van der Waals surface area contributed by atoms with E-state index >= 15 is 0 Å². The molecule has 0 aromatic heterocycles. The van der Waals surface area contributed by atoms with E-state index in [0.717, 1.165) is 14.0 Å². The van der Waals surface area contributed by atoms with Crippen LogP contribution in [0.15, 0.2) is 0 Å². The van der Waals surface area contributed by atoms with E-state index in [1.54, 1.807) is 6.92 Å². The quantitative estimate of drug-likeness (QED) is 0.577. The van der Waals surface area contributed by atoms with Crippen molar-refractivity contribution >= 4 is 5.97 Å². The topological polar surface area (TPSA) is 47.6 Å². The highest BCUT2D eigenvalue weighted by Crippen LogP contribution is 2.36. The minimum Gasteiger partial charge on any atom is -0.468 e. The molecule has 10 heteroatoms. The fraction of sp³-hybridized carbons (Fsp3) is 0.909. The molecule has 0 aromatic carbocycles. The summed E-state index contributed by atoms with van der Waals surface area (Å²) in [5.41, 5.74) is -1.81. The second-order valence-corrected chi connectivity index (χ2v) is 4.52. The fourth-order valence-corrected chi connectivity index (χ4v) is 1.43. The van der Waals surface area contributed by atoms with Gasteiger partial charge in [0, 0.05) is 0 Å². The lowest BCUT2D eigenvalue weighted by Gasteiger charge is -2.31. The third-order valence-corrected chi connectivity index (χ3v) is 2.53. The zero-order valence-corrected chi connectivity index (χ0v) is 11.7. The lowest BCUT2D eigenvalue weighted by Crippen LogP contribution is -2.56. The van der Waals surface area contributed by atoms with Crippen LogP contribution in [-0.4, -0.2) is 50.2 Å². The number of carbonyl (C=O) groups excluding carboxylic acids is 1. The smallest absolute Gasteiger partial charge is 0.423 e. The lowest BCUT2D eigenvalue weighted by atomic mass is 10.0. The summed E-state index contributed by atoms with van der Waals surface area (Å²) >= 11 is 0. The summed E-state index contributed by atoms with van der Waals surface area (Å²) in [6, 6.07) is 0. The van der Waals surface area contributed by atoms with Gasteiger partial charge in [-0.15, -0.1) is 0 Å². The summed E-state index contributed by atoms with van der Waals surface area (Å²) in [7, 11) is 0.971. The molecule has 0 fully saturated rings. The molecule has 0 saturated heterocycles. The number of alkyl halides is 6. The summed E-state index contributed by atoms with van der Waals surface area (Å²) in [6.07, 6.45) is -14.7. The normalized spacial score (nSPS) is 15.9. The second-order valence-electron chi connectivity index (χ2n) is 4.52. The maximum absolute atomic E-state index is 12.3. The van der Waals surface area contributed by atoms with Crippen LogP contribution in [0.2, 0.25) is 0 Å². The Balaban J connectivity index is 5.05. The molecule has 0 aromatic rings. The number of rotatable bonds is 7. The number of methoxy groups -OCH3 is 1. The SMILES string of the molecule is CCCNC(C)(COC(C(F)(F)F)C(F)(F)F)C(=O)OC. The minimum absolute atomic E-state index is 0.192. The third kappa shape index (κ3) is 6.08. The van der Waals surface area contributed by atoms with Gasteiger partial charge < -0.3 is 14.8 Å². The molecule has 4 nitrogen and oxygen atoms in total. The van der Waals surface area contributed by atoms with Crippen LogP contribution in [0.3, 0.4) is 0 Å². The van der Waals surface area contributed by atoms with E-state index in [2.05, 4.69) is 14.8 Å². The van der Waals surface area contributed by atoms with Crippen LogP contribution in [0.5, 0.6) is 0 Å². The summed E-state index contributed by atoms with van der Waals surface area (Å²) in [4.78, 5) is 11.5. The largest absolute Gasteiger partial charge is 0.468 e. The van der Waals surface area contributed by atoms with Crippen molar-refractivity contribution in [3.05, 3.63) is 0 Å². The molecule has 0 aliphatic carbocycles. The highest BCUT2D eigenvalue weighted by molar-refractivity contribution is 5.80. The van der Waals surface area contributed by atoms with Crippen LogP contribution in [0.4, 0.5) is 26.3 Å². The first kappa shape index (κ1) is 20.0. The van der Waals surface area contributed by atoms with Crippen LogP contribution < -0.4 is 5.32 Å². The summed E-state index contributed by atoms with van der Waals surface area (Å²) in [6.45, 7) is 1.87. The number of hydrogen-bond donors (Lipinski definition) is 1. The molecule has 126 valence electrons. The summed E-state index contributed by atoms with van der Waals surface area (Å²) in [5, 5.41) is 2.52. The van der Waals surface area contributed by atoms with Gasteiger partial charge in [0.25, 0.3) is 0 Å². The van der Waals surface area contributed by atoms with Gasteiger partial charge in [0.2, 0.25) is 6.10 Å². The number of halogens is 6. The van der Waals surface area contributed by atoms with Crippen molar-refractivity contribution in [3.63, 3.8) is 0 Å². The second kappa shape index (κ2) is 7.30. The van der Waals surface area contributed by atoms with Gasteiger partial charge in [-0.05, 0) is 19.9 Å². The Labute approximate surface area is 117 Å². The maximum atomic E-state index is 12.3. The van der Waals surface area contributed by atoms with Crippen molar-refractivity contribution in [3.8, 4) is 0 Å². The van der Waals surface area contributed by atoms with Gasteiger partial charge in [-0.1, -0.05) is 6.92 Å². The standard InChI is InChI=1S/C11H17F6NO3/c1-4-5-18-9(2,8(19)20-3)6-21-7(10(12,13)14)11(15,16)17/h7,18H,4-6H2,1-3H3. The molecule has 0 amide bonds. The molecular weight excluding hydrogens is 308 g/mol. The van der Waals surface area contributed by atoms with Crippen LogP contribution >= 0.6 is 0 Å². The first-order chi connectivity index (χ1) is 9.38. The average molecular weight is 325 g/mol. The van der Waals surface area contributed by atoms with Crippen molar-refractivity contribution in [2.24, 2.45) is 0 Å². The molecule has 0 saturated carbocycles. The monoisotopic (exact) mass is 325 g/mol. The molecule has 21 heavy (non-hydrogen) atoms. The van der Waals surface area contributed by atoms with E-state index in [0.29, 0.717) is 6.42 Å². The fourth-order valence-electron chi connectivity index (χ4n) is 1.43. The molecule has 1 N–H and O–H groups in total. The lowest BCUT2D eigenvalue weighted by molar-refractivity contribution is -0.324. The summed E-state index contributed by atoms with van der Waals surface area (Å²) < 4.78 is 82.4. The van der Waals surface area contributed by atoms with Gasteiger partial charge in [-0.3, -0.25) is 0 Å². The van der Waals surface area contributed by atoms with Crippen LogP contribution in [-0.2, 0) is 14.3 Å². The van der Waals surface area contributed by atoms with Crippen molar-refractivity contribution < 1.29 is 40.6 Å².